The molecule has 1 saturated carbocycles. The summed E-state index contributed by atoms with van der Waals surface area (Å²) in [7, 11) is 0. The molecule has 3 fully saturated rings. The van der Waals surface area contributed by atoms with Crippen molar-refractivity contribution in [3.63, 3.8) is 0 Å². The summed E-state index contributed by atoms with van der Waals surface area (Å²) in [5.74, 6) is -1.83. The number of amides is 3. The van der Waals surface area contributed by atoms with Gasteiger partial charge in [0.15, 0.2) is 0 Å². The van der Waals surface area contributed by atoms with Crippen molar-refractivity contribution >= 4 is 46.7 Å². The van der Waals surface area contributed by atoms with Crippen LogP contribution in [0.4, 0.5) is 11.4 Å². The maximum atomic E-state index is 13.1. The van der Waals surface area contributed by atoms with Crippen LogP contribution in [0.25, 0.3) is 0 Å². The van der Waals surface area contributed by atoms with Crippen LogP contribution in [0.15, 0.2) is 54.6 Å². The number of rotatable bonds is 4. The van der Waals surface area contributed by atoms with Crippen LogP contribution in [0.3, 0.4) is 0 Å². The predicted molar refractivity (Wildman–Crippen MR) is 129 cm³/mol. The molecule has 2 aliphatic carbocycles. The molecule has 2 aliphatic heterocycles. The van der Waals surface area contributed by atoms with Crippen LogP contribution in [0.5, 0.6) is 5.75 Å². The Balaban J connectivity index is 1.17. The molecule has 0 aromatic heterocycles. The van der Waals surface area contributed by atoms with E-state index < -0.39 is 11.9 Å². The fourth-order valence-electron chi connectivity index (χ4n) is 5.91. The van der Waals surface area contributed by atoms with E-state index in [4.69, 9.17) is 16.3 Å². The summed E-state index contributed by atoms with van der Waals surface area (Å²) in [4.78, 5) is 54.4. The monoisotopic (exact) mass is 490 g/mol. The second kappa shape index (κ2) is 8.05. The summed E-state index contributed by atoms with van der Waals surface area (Å²) < 4.78 is 5.59. The molecular formula is C27H23ClN2O5. The maximum absolute atomic E-state index is 13.1. The molecule has 2 aromatic carbocycles. The van der Waals surface area contributed by atoms with Crippen molar-refractivity contribution in [3.8, 4) is 5.75 Å². The van der Waals surface area contributed by atoms with Gasteiger partial charge in [0.1, 0.15) is 5.75 Å². The van der Waals surface area contributed by atoms with Crippen molar-refractivity contribution in [2.75, 3.05) is 16.3 Å². The van der Waals surface area contributed by atoms with Crippen LogP contribution >= 0.6 is 11.6 Å². The van der Waals surface area contributed by atoms with E-state index in [1.807, 2.05) is 13.0 Å². The van der Waals surface area contributed by atoms with Crippen molar-refractivity contribution in [2.45, 2.75) is 19.8 Å². The topological polar surface area (TPSA) is 84.0 Å². The van der Waals surface area contributed by atoms with Crippen LogP contribution in [0.2, 0.25) is 5.02 Å². The highest BCUT2D eigenvalue weighted by Crippen LogP contribution is 2.53. The number of hydrogen-bond acceptors (Lipinski definition) is 5. The highest BCUT2D eigenvalue weighted by atomic mass is 35.5. The first-order valence-electron chi connectivity index (χ1n) is 11.8. The third kappa shape index (κ3) is 3.48. The molecule has 5 atom stereocenters. The van der Waals surface area contributed by atoms with E-state index in [2.05, 4.69) is 12.2 Å². The molecule has 4 aliphatic rings. The Morgan fingerprint density at radius 2 is 1.69 bits per heavy atom. The van der Waals surface area contributed by atoms with Crippen LogP contribution in [-0.2, 0) is 19.2 Å². The normalized spacial score (nSPS) is 28.9. The first-order valence-corrected chi connectivity index (χ1v) is 12.1. The molecule has 2 heterocycles. The summed E-state index contributed by atoms with van der Waals surface area (Å²) in [5.41, 5.74) is 1.95. The van der Waals surface area contributed by atoms with Crippen molar-refractivity contribution in [2.24, 2.45) is 29.6 Å². The molecule has 2 aromatic rings. The van der Waals surface area contributed by atoms with Gasteiger partial charge in [-0.25, -0.2) is 4.90 Å². The second-order valence-corrected chi connectivity index (χ2v) is 10.2. The van der Waals surface area contributed by atoms with Gasteiger partial charge in [0.05, 0.1) is 23.4 Å². The number of hydrogen-bond donors (Lipinski definition) is 0. The van der Waals surface area contributed by atoms with Gasteiger partial charge in [-0.05, 0) is 55.0 Å². The van der Waals surface area contributed by atoms with Crippen molar-refractivity contribution in [1.82, 2.24) is 0 Å². The Kier molecular flexibility index (Phi) is 5.07. The van der Waals surface area contributed by atoms with Crippen LogP contribution in [0, 0.1) is 36.5 Å². The number of halogens is 1. The van der Waals surface area contributed by atoms with Gasteiger partial charge < -0.3 is 9.64 Å². The lowest BCUT2D eigenvalue weighted by Gasteiger charge is -2.19. The van der Waals surface area contributed by atoms with Crippen molar-refractivity contribution in [3.05, 3.63) is 65.2 Å². The van der Waals surface area contributed by atoms with E-state index in [9.17, 15) is 19.2 Å². The second-order valence-electron chi connectivity index (χ2n) is 9.77. The van der Waals surface area contributed by atoms with Gasteiger partial charge >= 0.3 is 5.97 Å². The summed E-state index contributed by atoms with van der Waals surface area (Å²) in [6.07, 6.45) is 5.00. The zero-order chi connectivity index (χ0) is 24.4. The molecule has 0 radical (unpaired) electrons. The molecule has 35 heavy (non-hydrogen) atoms. The number of carbonyl (C=O) groups is 4. The fraction of sp³-hybridized carbons (Fsp3) is 0.333. The van der Waals surface area contributed by atoms with Crippen LogP contribution in [-0.4, -0.2) is 30.2 Å². The quantitative estimate of drug-likeness (QED) is 0.281. The van der Waals surface area contributed by atoms with Gasteiger partial charge in [-0.3, -0.25) is 19.2 Å². The molecule has 0 unspecified atom stereocenters. The first-order chi connectivity index (χ1) is 16.8. The molecule has 6 rings (SSSR count). The Morgan fingerprint density at radius 1 is 0.971 bits per heavy atom. The maximum Gasteiger partial charge on any atom is 0.316 e. The molecule has 8 heteroatoms. The van der Waals surface area contributed by atoms with Gasteiger partial charge in [-0.2, -0.15) is 0 Å². The third-order valence-electron chi connectivity index (χ3n) is 7.69. The van der Waals surface area contributed by atoms with E-state index in [0.29, 0.717) is 16.4 Å². The fourth-order valence-corrected chi connectivity index (χ4v) is 6.08. The Morgan fingerprint density at radius 3 is 2.37 bits per heavy atom. The number of allylic oxidation sites excluding steroid dienone is 2. The number of fused-ring (bicyclic) bond motifs is 5. The van der Waals surface area contributed by atoms with E-state index >= 15 is 0 Å². The zero-order valence-corrected chi connectivity index (χ0v) is 19.8. The zero-order valence-electron chi connectivity index (χ0n) is 19.0. The average Bonchev–Trinajstić information content (AvgIpc) is 3.59. The molecule has 2 saturated heterocycles. The van der Waals surface area contributed by atoms with E-state index in [-0.39, 0.29) is 60.1 Å². The lowest BCUT2D eigenvalue weighted by atomic mass is 9.85. The molecule has 0 spiro atoms. The molecule has 3 amide bonds. The number of esters is 1. The SMILES string of the molecule is Cc1ccc(N2C[C@H](C(=O)Oc3cccc(N4C(=O)[C@H]5[C@H](C4=O)[C@H]4C=C[C@H]5C4)c3)CC2=O)cc1Cl. The number of benzene rings is 2. The van der Waals surface area contributed by atoms with Gasteiger partial charge in [-0.15, -0.1) is 0 Å². The van der Waals surface area contributed by atoms with E-state index in [1.54, 1.807) is 36.4 Å². The van der Waals surface area contributed by atoms with E-state index in [1.165, 1.54) is 9.80 Å². The number of nitrogens with zero attached hydrogens (tertiary/aromatic N) is 2. The molecule has 178 valence electrons. The molecule has 0 N–H and O–H groups in total. The molecule has 2 bridgehead atoms. The van der Waals surface area contributed by atoms with Gasteiger partial charge in [0.25, 0.3) is 0 Å². The minimum atomic E-state index is -0.637. The van der Waals surface area contributed by atoms with Gasteiger partial charge in [-0.1, -0.05) is 35.9 Å². The summed E-state index contributed by atoms with van der Waals surface area (Å²) in [6, 6.07) is 11.8. The number of aryl methyl sites for hydroxylation is 1. The standard InChI is InChI=1S/C27H23ClN2O5/c1-14-5-8-18(12-21(14)28)29-13-17(10-22(29)31)27(34)35-20-4-2-3-19(11-20)30-25(32)23-15-6-7-16(9-15)24(23)26(30)33/h2-8,11-12,15-17,23-24H,9-10,13H2,1H3/t15-,16-,17+,23+,24+/m0/s1. The highest BCUT2D eigenvalue weighted by molar-refractivity contribution is 6.31. The number of carbonyl (C=O) groups excluding carboxylic acids is 4. The van der Waals surface area contributed by atoms with Crippen LogP contribution < -0.4 is 14.5 Å². The number of ether oxygens (including phenoxy) is 1. The highest BCUT2D eigenvalue weighted by Gasteiger charge is 2.59. The largest absolute Gasteiger partial charge is 0.426 e. The smallest absolute Gasteiger partial charge is 0.316 e. The Bertz CT molecular complexity index is 1290. The summed E-state index contributed by atoms with van der Waals surface area (Å²) >= 11 is 6.20. The third-order valence-corrected chi connectivity index (χ3v) is 8.10. The lowest BCUT2D eigenvalue weighted by Crippen LogP contribution is -2.32. The molecule has 7 nitrogen and oxygen atoms in total. The van der Waals surface area contributed by atoms with Gasteiger partial charge in [0, 0.05) is 29.7 Å². The minimum Gasteiger partial charge on any atom is -0.426 e. The predicted octanol–water partition coefficient (Wildman–Crippen LogP) is 3.92. The first kappa shape index (κ1) is 22.0. The Labute approximate surface area is 207 Å². The van der Waals surface area contributed by atoms with Crippen molar-refractivity contribution in [1.29, 1.82) is 0 Å². The number of anilines is 2. The summed E-state index contributed by atoms with van der Waals surface area (Å²) in [6.45, 7) is 2.07. The van der Waals surface area contributed by atoms with E-state index in [0.717, 1.165) is 12.0 Å². The number of imide groups is 1. The lowest BCUT2D eigenvalue weighted by molar-refractivity contribution is -0.139. The minimum absolute atomic E-state index is 0.0340. The van der Waals surface area contributed by atoms with Crippen molar-refractivity contribution < 1.29 is 23.9 Å². The average molecular weight is 491 g/mol. The Hall–Kier alpha value is -3.45. The summed E-state index contributed by atoms with van der Waals surface area (Å²) in [5, 5.41) is 0.553. The molecular weight excluding hydrogens is 468 g/mol. The van der Waals surface area contributed by atoms with Gasteiger partial charge in [0.2, 0.25) is 17.7 Å². The van der Waals surface area contributed by atoms with Crippen LogP contribution in [0.1, 0.15) is 18.4 Å².